The van der Waals surface area contributed by atoms with Crippen LogP contribution in [0, 0.1) is 35.9 Å². The molecule has 0 amide bonds. The predicted molar refractivity (Wildman–Crippen MR) is 170 cm³/mol. The van der Waals surface area contributed by atoms with Crippen LogP contribution >= 0.6 is 0 Å². The number of guanidine groups is 1. The number of rotatable bonds is 6. The van der Waals surface area contributed by atoms with Gasteiger partial charge in [0.25, 0.3) is 5.56 Å². The summed E-state index contributed by atoms with van der Waals surface area (Å²) < 4.78 is 21.3. The fraction of sp³-hybridized carbons (Fsp3) is 0.559. The summed E-state index contributed by atoms with van der Waals surface area (Å²) in [6, 6.07) is 11.2. The van der Waals surface area contributed by atoms with E-state index in [1.165, 1.54) is 19.6 Å². The number of fused-ring (bicyclic) bond motifs is 3. The summed E-state index contributed by atoms with van der Waals surface area (Å²) >= 11 is 0. The maximum atomic E-state index is 14.5. The van der Waals surface area contributed by atoms with Crippen molar-refractivity contribution in [2.75, 3.05) is 32.1 Å². The van der Waals surface area contributed by atoms with E-state index in [4.69, 9.17) is 14.7 Å². The summed E-state index contributed by atoms with van der Waals surface area (Å²) in [4.78, 5) is 26.1. The van der Waals surface area contributed by atoms with Crippen LogP contribution < -0.4 is 20.9 Å². The number of halogens is 1. The first kappa shape index (κ1) is 29.6. The van der Waals surface area contributed by atoms with Crippen molar-refractivity contribution in [3.8, 4) is 5.75 Å². The number of ether oxygens (including phenoxy) is 1. The largest absolute Gasteiger partial charge is 0.497 e. The van der Waals surface area contributed by atoms with Gasteiger partial charge in [-0.2, -0.15) is 0 Å². The molecule has 2 heterocycles. The molecular formula is C34H45FN6O2. The van der Waals surface area contributed by atoms with E-state index >= 15 is 0 Å². The highest BCUT2D eigenvalue weighted by molar-refractivity contribution is 5.96. The molecule has 1 aliphatic heterocycles. The molecule has 1 aromatic heterocycles. The van der Waals surface area contributed by atoms with Gasteiger partial charge in [0, 0.05) is 44.0 Å². The first-order chi connectivity index (χ1) is 20.5. The minimum atomic E-state index is -0.339. The van der Waals surface area contributed by atoms with Gasteiger partial charge in [0.05, 0.1) is 24.1 Å². The van der Waals surface area contributed by atoms with Crippen molar-refractivity contribution < 1.29 is 9.13 Å². The molecule has 0 spiro atoms. The lowest BCUT2D eigenvalue weighted by Gasteiger charge is -2.61. The van der Waals surface area contributed by atoms with Crippen LogP contribution in [0.4, 0.5) is 10.1 Å². The minimum Gasteiger partial charge on any atom is -0.497 e. The third-order valence-electron chi connectivity index (χ3n) is 10.5. The Balaban J connectivity index is 1.25. The van der Waals surface area contributed by atoms with E-state index in [1.54, 1.807) is 16.7 Å². The number of nitrogens with zero attached hydrogens (tertiary/aromatic N) is 4. The SMILES string of the molecule is COc1ccc(CCn2c(C)nc3cc(NC(=N[C@H]4C[C@@H]5C[C@H]([C@@H]4C)C5(C)C)N4CCN[C@@H](C)C4)ccc3c2=O)c(F)c1. The number of aromatic nitrogens is 2. The predicted octanol–water partition coefficient (Wildman–Crippen LogP) is 5.23. The topological polar surface area (TPSA) is 83.8 Å². The van der Waals surface area contributed by atoms with Crippen LogP contribution in [0.5, 0.6) is 5.75 Å². The molecule has 43 heavy (non-hydrogen) atoms. The Morgan fingerprint density at radius 1 is 1.21 bits per heavy atom. The summed E-state index contributed by atoms with van der Waals surface area (Å²) in [7, 11) is 1.51. The summed E-state index contributed by atoms with van der Waals surface area (Å²) in [5.74, 6) is 3.65. The maximum Gasteiger partial charge on any atom is 0.261 e. The third kappa shape index (κ3) is 5.64. The normalized spacial score (nSPS) is 26.7. The third-order valence-corrected chi connectivity index (χ3v) is 10.5. The molecule has 4 aliphatic rings. The van der Waals surface area contributed by atoms with Crippen molar-refractivity contribution in [3.63, 3.8) is 0 Å². The maximum absolute atomic E-state index is 14.5. The van der Waals surface area contributed by atoms with Crippen LogP contribution in [-0.4, -0.2) is 59.2 Å². The van der Waals surface area contributed by atoms with Crippen LogP contribution in [-0.2, 0) is 13.0 Å². The highest BCUT2D eigenvalue weighted by atomic mass is 19.1. The molecule has 9 heteroatoms. The summed E-state index contributed by atoms with van der Waals surface area (Å²) in [6.45, 7) is 14.3. The second kappa shape index (κ2) is 11.6. The lowest BCUT2D eigenvalue weighted by atomic mass is 9.45. The van der Waals surface area contributed by atoms with Gasteiger partial charge in [-0.1, -0.05) is 26.8 Å². The van der Waals surface area contributed by atoms with Crippen molar-refractivity contribution in [2.45, 2.75) is 72.5 Å². The van der Waals surface area contributed by atoms with E-state index in [1.807, 2.05) is 25.1 Å². The molecule has 0 radical (unpaired) electrons. The quantitative estimate of drug-likeness (QED) is 0.303. The Hall–Kier alpha value is -3.46. The second-order valence-electron chi connectivity index (χ2n) is 13.5. The standard InChI is InChI=1S/C34H45FN6O2/c1-20-19-40(14-12-36-20)33(39-30-16-24-15-28(21(30)2)34(24,4)5)38-25-8-10-27-31(17-25)37-22(3)41(32(27)42)13-11-23-7-9-26(43-6)18-29(23)35/h7-10,17-18,20-21,24,28,30,36H,11-16,19H2,1-6H3,(H,38,39)/t20-,21-,24-,28+,30-/m0/s1. The molecule has 3 aromatic rings. The molecule has 2 aromatic carbocycles. The first-order valence-corrected chi connectivity index (χ1v) is 15.7. The second-order valence-corrected chi connectivity index (χ2v) is 13.5. The van der Waals surface area contributed by atoms with Gasteiger partial charge in [0.1, 0.15) is 17.4 Å². The van der Waals surface area contributed by atoms with E-state index in [9.17, 15) is 9.18 Å². The van der Waals surface area contributed by atoms with Crippen molar-refractivity contribution in [2.24, 2.45) is 28.2 Å². The number of hydrogen-bond donors (Lipinski definition) is 2. The van der Waals surface area contributed by atoms with Gasteiger partial charge < -0.3 is 20.3 Å². The molecule has 230 valence electrons. The van der Waals surface area contributed by atoms with Gasteiger partial charge in [0.2, 0.25) is 0 Å². The molecule has 4 fully saturated rings. The van der Waals surface area contributed by atoms with E-state index < -0.39 is 0 Å². The van der Waals surface area contributed by atoms with Crippen molar-refractivity contribution >= 4 is 22.5 Å². The van der Waals surface area contributed by atoms with Crippen LogP contribution in [0.2, 0.25) is 0 Å². The average molecular weight is 589 g/mol. The number of methoxy groups -OCH3 is 1. The first-order valence-electron chi connectivity index (χ1n) is 15.7. The van der Waals surface area contributed by atoms with E-state index in [2.05, 4.69) is 43.2 Å². The highest BCUT2D eigenvalue weighted by Crippen LogP contribution is 2.61. The molecule has 5 atom stereocenters. The number of aryl methyl sites for hydroxylation is 2. The molecular weight excluding hydrogens is 543 g/mol. The summed E-state index contributed by atoms with van der Waals surface area (Å²) in [6.07, 6.45) is 2.84. The lowest BCUT2D eigenvalue weighted by molar-refractivity contribution is -0.108. The number of anilines is 1. The Labute approximate surface area is 253 Å². The molecule has 3 saturated carbocycles. The van der Waals surface area contributed by atoms with Gasteiger partial charge in [-0.3, -0.25) is 9.36 Å². The average Bonchev–Trinajstić information content (AvgIpc) is 2.97. The Bertz CT molecular complexity index is 1600. The molecule has 2 N–H and O–H groups in total. The number of benzene rings is 2. The molecule has 2 bridgehead atoms. The number of piperazine rings is 1. The van der Waals surface area contributed by atoms with Crippen LogP contribution in [0.1, 0.15) is 51.9 Å². The minimum absolute atomic E-state index is 0.120. The fourth-order valence-electron chi connectivity index (χ4n) is 7.66. The zero-order valence-electron chi connectivity index (χ0n) is 26.3. The molecule has 1 saturated heterocycles. The molecule has 3 aliphatic carbocycles. The Morgan fingerprint density at radius 2 is 2.02 bits per heavy atom. The van der Waals surface area contributed by atoms with E-state index in [0.717, 1.165) is 49.5 Å². The van der Waals surface area contributed by atoms with E-state index in [0.29, 0.717) is 64.4 Å². The summed E-state index contributed by atoms with van der Waals surface area (Å²) in [5.41, 5.74) is 2.34. The monoisotopic (exact) mass is 588 g/mol. The highest BCUT2D eigenvalue weighted by Gasteiger charge is 2.56. The summed E-state index contributed by atoms with van der Waals surface area (Å²) in [5, 5.41) is 7.73. The zero-order chi connectivity index (χ0) is 30.5. The fourth-order valence-corrected chi connectivity index (χ4v) is 7.66. The van der Waals surface area contributed by atoms with Crippen LogP contribution in [0.3, 0.4) is 0 Å². The number of aliphatic imine (C=N–C) groups is 1. The van der Waals surface area contributed by atoms with Crippen molar-refractivity contribution in [3.05, 3.63) is 64.0 Å². The zero-order valence-corrected chi connectivity index (χ0v) is 26.3. The molecule has 7 rings (SSSR count). The van der Waals surface area contributed by atoms with Crippen LogP contribution in [0.15, 0.2) is 46.2 Å². The van der Waals surface area contributed by atoms with Gasteiger partial charge in [0.15, 0.2) is 5.96 Å². The van der Waals surface area contributed by atoms with Gasteiger partial charge in [-0.25, -0.2) is 14.4 Å². The van der Waals surface area contributed by atoms with Crippen molar-refractivity contribution in [1.82, 2.24) is 19.8 Å². The smallest absolute Gasteiger partial charge is 0.261 e. The lowest BCUT2D eigenvalue weighted by Crippen LogP contribution is -2.57. The van der Waals surface area contributed by atoms with Crippen molar-refractivity contribution in [1.29, 1.82) is 0 Å². The number of nitrogens with one attached hydrogen (secondary N) is 2. The van der Waals surface area contributed by atoms with Gasteiger partial charge >= 0.3 is 0 Å². The molecule has 0 unspecified atom stereocenters. The van der Waals surface area contributed by atoms with E-state index in [-0.39, 0.29) is 11.4 Å². The van der Waals surface area contributed by atoms with Gasteiger partial charge in [-0.05, 0) is 86.1 Å². The number of hydrogen-bond acceptors (Lipinski definition) is 5. The Kier molecular flexibility index (Phi) is 7.96. The molecule has 8 nitrogen and oxygen atoms in total. The van der Waals surface area contributed by atoms with Crippen LogP contribution in [0.25, 0.3) is 10.9 Å². The Morgan fingerprint density at radius 3 is 2.72 bits per heavy atom. The van der Waals surface area contributed by atoms with Gasteiger partial charge in [-0.15, -0.1) is 0 Å².